The van der Waals surface area contributed by atoms with Crippen molar-refractivity contribution in [3.63, 3.8) is 0 Å². The number of hydrogen-bond donors (Lipinski definition) is 1. The molecule has 0 aliphatic carbocycles. The van der Waals surface area contributed by atoms with Gasteiger partial charge >= 0.3 is 0 Å². The minimum Gasteiger partial charge on any atom is -0.484 e. The molecule has 0 bridgehead atoms. The Balaban J connectivity index is 1.57. The van der Waals surface area contributed by atoms with Crippen molar-refractivity contribution in [3.05, 3.63) is 59.7 Å². The maximum atomic E-state index is 12.6. The minimum atomic E-state index is -0.283. The van der Waals surface area contributed by atoms with E-state index in [0.29, 0.717) is 22.6 Å². The monoisotopic (exact) mass is 408 g/mol. The molecule has 2 amide bonds. The number of ketones is 1. The first-order valence-electron chi connectivity index (χ1n) is 10.3. The summed E-state index contributed by atoms with van der Waals surface area (Å²) in [6, 6.07) is 13.9. The van der Waals surface area contributed by atoms with Crippen molar-refractivity contribution in [3.8, 4) is 5.75 Å². The van der Waals surface area contributed by atoms with Gasteiger partial charge in [0.25, 0.3) is 11.8 Å². The molecule has 1 heterocycles. The van der Waals surface area contributed by atoms with Crippen LogP contribution < -0.4 is 10.1 Å². The van der Waals surface area contributed by atoms with Gasteiger partial charge in [-0.25, -0.2) is 0 Å². The third-order valence-corrected chi connectivity index (χ3v) is 5.49. The fraction of sp³-hybridized carbons (Fsp3) is 0.375. The molecule has 2 aromatic rings. The van der Waals surface area contributed by atoms with Crippen molar-refractivity contribution in [1.29, 1.82) is 0 Å². The van der Waals surface area contributed by atoms with Crippen LogP contribution in [0.25, 0.3) is 0 Å². The van der Waals surface area contributed by atoms with Crippen molar-refractivity contribution in [2.75, 3.05) is 11.9 Å². The van der Waals surface area contributed by atoms with E-state index in [1.165, 1.54) is 6.92 Å². The van der Waals surface area contributed by atoms with Gasteiger partial charge in [0, 0.05) is 28.9 Å². The Bertz CT molecular complexity index is 913. The maximum absolute atomic E-state index is 12.6. The molecule has 0 aromatic heterocycles. The molecule has 30 heavy (non-hydrogen) atoms. The molecule has 6 heteroatoms. The van der Waals surface area contributed by atoms with Gasteiger partial charge in [0.15, 0.2) is 12.4 Å². The number of piperidine rings is 1. The summed E-state index contributed by atoms with van der Waals surface area (Å²) in [4.78, 5) is 38.4. The smallest absolute Gasteiger partial charge is 0.260 e. The Labute approximate surface area is 177 Å². The zero-order chi connectivity index (χ0) is 21.7. The Morgan fingerprint density at radius 3 is 2.30 bits per heavy atom. The standard InChI is InChI=1S/C24H28N2O4/c1-16-6-4-7-17(2)26(16)23(28)15-30-22-12-10-19(11-13-22)24(29)25-21-9-5-8-20(14-21)18(3)27/h5,8-14,16-17H,4,6-7,15H2,1-3H3,(H,25,29). The number of carbonyl (C=O) groups excluding carboxylic acids is 3. The van der Waals surface area contributed by atoms with Crippen molar-refractivity contribution in [1.82, 2.24) is 4.90 Å². The third-order valence-electron chi connectivity index (χ3n) is 5.49. The summed E-state index contributed by atoms with van der Waals surface area (Å²) in [5, 5.41) is 2.78. The van der Waals surface area contributed by atoms with E-state index < -0.39 is 0 Å². The number of hydrogen-bond acceptors (Lipinski definition) is 4. The number of likely N-dealkylation sites (tertiary alicyclic amines) is 1. The van der Waals surface area contributed by atoms with Crippen molar-refractivity contribution in [2.45, 2.75) is 52.1 Å². The summed E-state index contributed by atoms with van der Waals surface area (Å²) in [6.07, 6.45) is 3.19. The molecule has 2 aromatic carbocycles. The predicted molar refractivity (Wildman–Crippen MR) is 116 cm³/mol. The van der Waals surface area contributed by atoms with Gasteiger partial charge in [-0.1, -0.05) is 12.1 Å². The summed E-state index contributed by atoms with van der Waals surface area (Å²) in [5.41, 5.74) is 1.56. The molecule has 1 fully saturated rings. The van der Waals surface area contributed by atoms with Gasteiger partial charge in [-0.05, 0) is 76.4 Å². The normalized spacial score (nSPS) is 18.6. The Morgan fingerprint density at radius 1 is 1.00 bits per heavy atom. The summed E-state index contributed by atoms with van der Waals surface area (Å²) in [6.45, 7) is 5.62. The van der Waals surface area contributed by atoms with E-state index in [0.717, 1.165) is 19.3 Å². The number of nitrogens with zero attached hydrogens (tertiary/aromatic N) is 1. The van der Waals surface area contributed by atoms with E-state index in [2.05, 4.69) is 19.2 Å². The average molecular weight is 408 g/mol. The van der Waals surface area contributed by atoms with Crippen LogP contribution in [0, 0.1) is 0 Å². The van der Waals surface area contributed by atoms with Gasteiger partial charge in [0.2, 0.25) is 0 Å². The first-order valence-corrected chi connectivity index (χ1v) is 10.3. The number of benzene rings is 2. The number of nitrogens with one attached hydrogen (secondary N) is 1. The molecule has 1 aliphatic heterocycles. The van der Waals surface area contributed by atoms with Gasteiger partial charge in [-0.2, -0.15) is 0 Å². The van der Waals surface area contributed by atoms with Gasteiger partial charge < -0.3 is 15.0 Å². The van der Waals surface area contributed by atoms with E-state index in [9.17, 15) is 14.4 Å². The molecule has 0 saturated carbocycles. The fourth-order valence-corrected chi connectivity index (χ4v) is 3.85. The number of ether oxygens (including phenoxy) is 1. The second-order valence-corrected chi connectivity index (χ2v) is 7.83. The predicted octanol–water partition coefficient (Wildman–Crippen LogP) is 4.31. The van der Waals surface area contributed by atoms with Crippen LogP contribution in [0.5, 0.6) is 5.75 Å². The first kappa shape index (κ1) is 21.6. The molecule has 3 rings (SSSR count). The van der Waals surface area contributed by atoms with Crippen LogP contribution in [-0.4, -0.2) is 41.2 Å². The molecular weight excluding hydrogens is 380 g/mol. The molecule has 0 spiro atoms. The van der Waals surface area contributed by atoms with Crippen LogP contribution in [0.2, 0.25) is 0 Å². The third kappa shape index (κ3) is 5.26. The highest BCUT2D eigenvalue weighted by molar-refractivity contribution is 6.05. The van der Waals surface area contributed by atoms with E-state index in [1.54, 1.807) is 48.5 Å². The van der Waals surface area contributed by atoms with Crippen LogP contribution in [0.4, 0.5) is 5.69 Å². The summed E-state index contributed by atoms with van der Waals surface area (Å²) in [5.74, 6) is 0.183. The van der Waals surface area contributed by atoms with Gasteiger partial charge in [-0.3, -0.25) is 14.4 Å². The molecule has 1 saturated heterocycles. The van der Waals surface area contributed by atoms with E-state index in [1.807, 2.05) is 4.90 Å². The van der Waals surface area contributed by atoms with Gasteiger partial charge in [-0.15, -0.1) is 0 Å². The van der Waals surface area contributed by atoms with E-state index in [4.69, 9.17) is 4.74 Å². The summed E-state index contributed by atoms with van der Waals surface area (Å²) >= 11 is 0. The first-order chi connectivity index (χ1) is 14.3. The fourth-order valence-electron chi connectivity index (χ4n) is 3.85. The van der Waals surface area contributed by atoms with Crippen LogP contribution in [0.15, 0.2) is 48.5 Å². The van der Waals surface area contributed by atoms with Crippen LogP contribution in [0.1, 0.15) is 60.7 Å². The van der Waals surface area contributed by atoms with Crippen LogP contribution >= 0.6 is 0 Å². The zero-order valence-corrected chi connectivity index (χ0v) is 17.7. The quantitative estimate of drug-likeness (QED) is 0.723. The number of amides is 2. The number of Topliss-reactive ketones (excluding diaryl/α,β-unsaturated/α-hetero) is 1. The van der Waals surface area contributed by atoms with E-state index >= 15 is 0 Å². The molecule has 1 N–H and O–H groups in total. The SMILES string of the molecule is CC(=O)c1cccc(NC(=O)c2ccc(OCC(=O)N3C(C)CCCC3C)cc2)c1. The van der Waals surface area contributed by atoms with Crippen LogP contribution in [0.3, 0.4) is 0 Å². The summed E-state index contributed by atoms with van der Waals surface area (Å²) in [7, 11) is 0. The number of anilines is 1. The maximum Gasteiger partial charge on any atom is 0.260 e. The lowest BCUT2D eigenvalue weighted by molar-refractivity contribution is -0.139. The molecule has 1 aliphatic rings. The second kappa shape index (κ2) is 9.57. The Kier molecular flexibility index (Phi) is 6.87. The Hall–Kier alpha value is -3.15. The molecule has 2 unspecified atom stereocenters. The second-order valence-electron chi connectivity index (χ2n) is 7.83. The lowest BCUT2D eigenvalue weighted by Gasteiger charge is -2.38. The highest BCUT2D eigenvalue weighted by Crippen LogP contribution is 2.23. The topological polar surface area (TPSA) is 75.7 Å². The van der Waals surface area contributed by atoms with Gasteiger partial charge in [0.1, 0.15) is 5.75 Å². The van der Waals surface area contributed by atoms with Crippen molar-refractivity contribution >= 4 is 23.3 Å². The molecule has 6 nitrogen and oxygen atoms in total. The van der Waals surface area contributed by atoms with Crippen LogP contribution in [-0.2, 0) is 4.79 Å². The molecule has 158 valence electrons. The Morgan fingerprint density at radius 2 is 1.67 bits per heavy atom. The van der Waals surface area contributed by atoms with E-state index in [-0.39, 0.29) is 36.3 Å². The zero-order valence-electron chi connectivity index (χ0n) is 17.7. The highest BCUT2D eigenvalue weighted by atomic mass is 16.5. The highest BCUT2D eigenvalue weighted by Gasteiger charge is 2.28. The number of rotatable bonds is 6. The van der Waals surface area contributed by atoms with Crippen molar-refractivity contribution < 1.29 is 19.1 Å². The van der Waals surface area contributed by atoms with Gasteiger partial charge in [0.05, 0.1) is 0 Å². The molecule has 2 atom stereocenters. The lowest BCUT2D eigenvalue weighted by atomic mass is 9.97. The summed E-state index contributed by atoms with van der Waals surface area (Å²) < 4.78 is 5.65. The average Bonchev–Trinajstić information content (AvgIpc) is 2.72. The largest absolute Gasteiger partial charge is 0.484 e. The number of carbonyl (C=O) groups is 3. The lowest BCUT2D eigenvalue weighted by Crippen LogP contribution is -2.49. The molecular formula is C24H28N2O4. The minimum absolute atomic E-state index is 0.0122. The van der Waals surface area contributed by atoms with Crippen molar-refractivity contribution in [2.24, 2.45) is 0 Å². The molecule has 0 radical (unpaired) electrons.